The van der Waals surface area contributed by atoms with Crippen molar-refractivity contribution in [1.29, 1.82) is 0 Å². The minimum Gasteiger partial charge on any atom is -0.382 e. The molecule has 1 aliphatic carbocycles. The molecule has 3 rings (SSSR count). The number of nitrogens with one attached hydrogen (secondary N) is 2. The highest BCUT2D eigenvalue weighted by Crippen LogP contribution is 2.30. The summed E-state index contributed by atoms with van der Waals surface area (Å²) >= 11 is 0. The largest absolute Gasteiger partial charge is 0.382 e. The lowest BCUT2D eigenvalue weighted by atomic mass is 9.90. The van der Waals surface area contributed by atoms with Gasteiger partial charge in [-0.25, -0.2) is 0 Å². The third-order valence-electron chi connectivity index (χ3n) is 5.28. The van der Waals surface area contributed by atoms with Crippen LogP contribution in [-0.4, -0.2) is 38.3 Å². The molecular weight excluding hydrogens is 288 g/mol. The first-order valence-corrected chi connectivity index (χ1v) is 8.85. The van der Waals surface area contributed by atoms with Crippen molar-refractivity contribution in [2.24, 2.45) is 0 Å². The Morgan fingerprint density at radius 3 is 2.87 bits per heavy atom. The summed E-state index contributed by atoms with van der Waals surface area (Å²) in [6.45, 7) is 2.72. The van der Waals surface area contributed by atoms with Gasteiger partial charge in [-0.15, -0.1) is 0 Å². The van der Waals surface area contributed by atoms with E-state index < -0.39 is 0 Å². The molecule has 1 aromatic carbocycles. The van der Waals surface area contributed by atoms with Crippen molar-refractivity contribution in [1.82, 2.24) is 10.6 Å². The fourth-order valence-electron chi connectivity index (χ4n) is 4.02. The Bertz CT molecular complexity index is 532. The van der Waals surface area contributed by atoms with Gasteiger partial charge in [-0.3, -0.25) is 4.79 Å². The number of methoxy groups -OCH3 is 1. The number of hydrogen-bond donors (Lipinski definition) is 2. The van der Waals surface area contributed by atoms with Crippen LogP contribution in [0.25, 0.3) is 0 Å². The van der Waals surface area contributed by atoms with Crippen molar-refractivity contribution in [2.75, 3.05) is 26.8 Å². The van der Waals surface area contributed by atoms with Crippen molar-refractivity contribution in [3.05, 3.63) is 35.4 Å². The van der Waals surface area contributed by atoms with E-state index in [1.165, 1.54) is 18.4 Å². The van der Waals surface area contributed by atoms with E-state index in [0.717, 1.165) is 44.3 Å². The van der Waals surface area contributed by atoms with Crippen LogP contribution in [0.5, 0.6) is 0 Å². The summed E-state index contributed by atoms with van der Waals surface area (Å²) in [7, 11) is 1.71. The summed E-state index contributed by atoms with van der Waals surface area (Å²) in [4.78, 5) is 12.7. The van der Waals surface area contributed by atoms with Gasteiger partial charge in [-0.05, 0) is 55.8 Å². The van der Waals surface area contributed by atoms with Crippen molar-refractivity contribution >= 4 is 5.91 Å². The fraction of sp³-hybridized carbons (Fsp3) is 0.632. The molecule has 0 bridgehead atoms. The normalized spacial score (nSPS) is 23.6. The molecule has 1 unspecified atom stereocenters. The molecule has 4 nitrogen and oxygen atoms in total. The van der Waals surface area contributed by atoms with E-state index in [2.05, 4.69) is 22.8 Å². The molecule has 1 saturated carbocycles. The number of carbonyl (C=O) groups is 1. The molecule has 2 aliphatic rings. The van der Waals surface area contributed by atoms with Gasteiger partial charge in [0, 0.05) is 19.2 Å². The van der Waals surface area contributed by atoms with Gasteiger partial charge in [0.05, 0.1) is 12.1 Å². The number of carbonyl (C=O) groups excluding carboxylic acids is 1. The Kier molecular flexibility index (Phi) is 5.34. The van der Waals surface area contributed by atoms with Crippen LogP contribution in [0, 0.1) is 0 Å². The zero-order chi connectivity index (χ0) is 16.1. The monoisotopic (exact) mass is 316 g/mol. The van der Waals surface area contributed by atoms with E-state index in [9.17, 15) is 4.79 Å². The van der Waals surface area contributed by atoms with E-state index in [0.29, 0.717) is 12.5 Å². The third kappa shape index (κ3) is 3.93. The van der Waals surface area contributed by atoms with Gasteiger partial charge in [-0.1, -0.05) is 25.0 Å². The number of benzene rings is 1. The number of hydrogen-bond acceptors (Lipinski definition) is 3. The lowest BCUT2D eigenvalue weighted by Gasteiger charge is -2.30. The van der Waals surface area contributed by atoms with E-state index in [4.69, 9.17) is 4.74 Å². The third-order valence-corrected chi connectivity index (χ3v) is 5.28. The molecule has 1 heterocycles. The highest BCUT2D eigenvalue weighted by molar-refractivity contribution is 5.95. The Morgan fingerprint density at radius 1 is 1.35 bits per heavy atom. The highest BCUT2D eigenvalue weighted by atomic mass is 16.5. The lowest BCUT2D eigenvalue weighted by Crippen LogP contribution is -2.49. The standard InChI is InChI=1S/C19H28N2O2/c1-23-14-19(9-2-3-10-19)21-18(22)16-7-4-6-15(12-16)17-8-5-11-20-13-17/h4,6-7,12,17,20H,2-3,5,8-11,13-14H2,1H3,(H,21,22). The average molecular weight is 316 g/mol. The van der Waals surface area contributed by atoms with E-state index in [-0.39, 0.29) is 11.4 Å². The average Bonchev–Trinajstić information content (AvgIpc) is 3.04. The van der Waals surface area contributed by atoms with Crippen LogP contribution < -0.4 is 10.6 Å². The first kappa shape index (κ1) is 16.5. The second-order valence-electron chi connectivity index (χ2n) is 7.04. The number of rotatable bonds is 5. The van der Waals surface area contributed by atoms with E-state index in [1.807, 2.05) is 12.1 Å². The first-order chi connectivity index (χ1) is 11.2. The summed E-state index contributed by atoms with van der Waals surface area (Å²) in [6.07, 6.45) is 6.76. The minimum absolute atomic E-state index is 0.0366. The Labute approximate surface area is 139 Å². The Hall–Kier alpha value is -1.39. The van der Waals surface area contributed by atoms with Gasteiger partial charge in [0.15, 0.2) is 0 Å². The van der Waals surface area contributed by atoms with Gasteiger partial charge in [0.1, 0.15) is 0 Å². The van der Waals surface area contributed by atoms with Gasteiger partial charge in [0.2, 0.25) is 0 Å². The van der Waals surface area contributed by atoms with Crippen LogP contribution in [0.4, 0.5) is 0 Å². The molecule has 0 spiro atoms. The van der Waals surface area contributed by atoms with E-state index in [1.54, 1.807) is 7.11 Å². The molecular formula is C19H28N2O2. The molecule has 0 aromatic heterocycles. The van der Waals surface area contributed by atoms with Gasteiger partial charge >= 0.3 is 0 Å². The van der Waals surface area contributed by atoms with Crippen LogP contribution in [0.1, 0.15) is 60.4 Å². The Morgan fingerprint density at radius 2 is 2.17 bits per heavy atom. The molecule has 1 aliphatic heterocycles. The van der Waals surface area contributed by atoms with Crippen molar-refractivity contribution in [3.8, 4) is 0 Å². The van der Waals surface area contributed by atoms with Gasteiger partial charge < -0.3 is 15.4 Å². The number of amides is 1. The summed E-state index contributed by atoms with van der Waals surface area (Å²) in [5.74, 6) is 0.561. The highest BCUT2D eigenvalue weighted by Gasteiger charge is 2.35. The SMILES string of the molecule is COCC1(NC(=O)c2cccc(C3CCCNC3)c2)CCCC1. The molecule has 1 saturated heterocycles. The molecule has 1 atom stereocenters. The van der Waals surface area contributed by atoms with Crippen LogP contribution in [0.15, 0.2) is 24.3 Å². The topological polar surface area (TPSA) is 50.4 Å². The molecule has 1 amide bonds. The summed E-state index contributed by atoms with van der Waals surface area (Å²) < 4.78 is 5.36. The molecule has 2 N–H and O–H groups in total. The maximum Gasteiger partial charge on any atom is 0.251 e. The molecule has 126 valence electrons. The van der Waals surface area contributed by atoms with E-state index >= 15 is 0 Å². The molecule has 1 aromatic rings. The van der Waals surface area contributed by atoms with Crippen molar-refractivity contribution < 1.29 is 9.53 Å². The zero-order valence-corrected chi connectivity index (χ0v) is 14.1. The quantitative estimate of drug-likeness (QED) is 0.878. The Balaban J connectivity index is 1.71. The zero-order valence-electron chi connectivity index (χ0n) is 14.1. The summed E-state index contributed by atoms with van der Waals surface area (Å²) in [6, 6.07) is 8.15. The smallest absolute Gasteiger partial charge is 0.251 e. The minimum atomic E-state index is -0.172. The number of ether oxygens (including phenoxy) is 1. The number of piperidine rings is 1. The first-order valence-electron chi connectivity index (χ1n) is 8.85. The van der Waals surface area contributed by atoms with Crippen LogP contribution in [0.2, 0.25) is 0 Å². The van der Waals surface area contributed by atoms with Crippen LogP contribution >= 0.6 is 0 Å². The summed E-state index contributed by atoms with van der Waals surface area (Å²) in [5, 5.41) is 6.71. The second kappa shape index (κ2) is 7.45. The maximum absolute atomic E-state index is 12.7. The van der Waals surface area contributed by atoms with Crippen molar-refractivity contribution in [2.45, 2.75) is 50.0 Å². The maximum atomic E-state index is 12.7. The second-order valence-corrected chi connectivity index (χ2v) is 7.04. The van der Waals surface area contributed by atoms with Crippen LogP contribution in [-0.2, 0) is 4.74 Å². The lowest BCUT2D eigenvalue weighted by molar-refractivity contribution is 0.0767. The van der Waals surface area contributed by atoms with Gasteiger partial charge in [0.25, 0.3) is 5.91 Å². The van der Waals surface area contributed by atoms with Crippen LogP contribution in [0.3, 0.4) is 0 Å². The predicted octanol–water partition coefficient (Wildman–Crippen LogP) is 2.84. The van der Waals surface area contributed by atoms with Crippen molar-refractivity contribution in [3.63, 3.8) is 0 Å². The molecule has 4 heteroatoms. The molecule has 23 heavy (non-hydrogen) atoms. The fourth-order valence-corrected chi connectivity index (χ4v) is 4.02. The summed E-state index contributed by atoms with van der Waals surface area (Å²) in [5.41, 5.74) is 1.88. The predicted molar refractivity (Wildman–Crippen MR) is 91.8 cm³/mol. The molecule has 2 fully saturated rings. The van der Waals surface area contributed by atoms with Gasteiger partial charge in [-0.2, -0.15) is 0 Å². The molecule has 0 radical (unpaired) electrons.